The molecule has 64 valence electrons. The summed E-state index contributed by atoms with van der Waals surface area (Å²) in [6.45, 7) is 0. The van der Waals surface area contributed by atoms with Gasteiger partial charge in [0.15, 0.2) is 0 Å². The van der Waals surface area contributed by atoms with Crippen LogP contribution < -0.4 is 0 Å². The lowest BCUT2D eigenvalue weighted by Gasteiger charge is -2.05. The Hall–Kier alpha value is -0.850. The van der Waals surface area contributed by atoms with E-state index in [2.05, 4.69) is 47.9 Å². The molecule has 0 saturated heterocycles. The third kappa shape index (κ3) is 5.59. The normalized spacial score (nSPS) is 10.4. The second-order valence-corrected chi connectivity index (χ2v) is 0.964. The van der Waals surface area contributed by atoms with E-state index in [0.717, 1.165) is 0 Å². The van der Waals surface area contributed by atoms with Gasteiger partial charge in [-0.05, 0) is 25.5 Å². The Kier molecular flexibility index (Phi) is 6.70. The van der Waals surface area contributed by atoms with Crippen molar-refractivity contribution in [1.29, 1.82) is 5.53 Å². The Labute approximate surface area is 65.1 Å². The molecule has 11 heavy (non-hydrogen) atoms. The average Bonchev–Trinajstić information content (AvgIpc) is 2.01. The van der Waals surface area contributed by atoms with E-state index in [0.29, 0.717) is 0 Å². The van der Waals surface area contributed by atoms with E-state index in [1.54, 1.807) is 0 Å². The fourth-order valence-corrected chi connectivity index (χ4v) is 0.209. The SMILES string of the molecule is N=N/N=N/N(OOO)OOS. The summed E-state index contributed by atoms with van der Waals surface area (Å²) in [5.74, 6) is 0. The van der Waals surface area contributed by atoms with Gasteiger partial charge in [-0.15, -0.1) is 4.33 Å². The number of thiol groups is 1. The summed E-state index contributed by atoms with van der Waals surface area (Å²) in [6, 6.07) is 0. The van der Waals surface area contributed by atoms with Crippen LogP contribution in [0.4, 0.5) is 0 Å². The maximum atomic E-state index is 7.66. The molecule has 0 amide bonds. The van der Waals surface area contributed by atoms with Crippen molar-refractivity contribution in [1.82, 2.24) is 5.34 Å². The summed E-state index contributed by atoms with van der Waals surface area (Å²) in [5, 5.41) is 18.7. The van der Waals surface area contributed by atoms with Crippen molar-refractivity contribution in [3.05, 3.63) is 0 Å². The molecule has 0 aliphatic heterocycles. The molecule has 0 rings (SSSR count). The summed E-state index contributed by atoms with van der Waals surface area (Å²) >= 11 is 3.11. The second-order valence-electron chi connectivity index (χ2n) is 0.815. The van der Waals surface area contributed by atoms with Gasteiger partial charge in [-0.25, -0.2) is 5.26 Å². The lowest BCUT2D eigenvalue weighted by atomic mass is 12.4. The first-order valence-electron chi connectivity index (χ1n) is 1.89. The minimum atomic E-state index is 0.0467. The van der Waals surface area contributed by atoms with Gasteiger partial charge in [-0.1, -0.05) is 0 Å². The highest BCUT2D eigenvalue weighted by Crippen LogP contribution is 1.97. The summed E-state index contributed by atoms with van der Waals surface area (Å²) in [6.07, 6.45) is 0. The van der Waals surface area contributed by atoms with E-state index in [4.69, 9.17) is 10.8 Å². The molecule has 0 aliphatic rings. The van der Waals surface area contributed by atoms with Crippen LogP contribution in [0.5, 0.6) is 0 Å². The fraction of sp³-hybridized carbons (Fsp3) is 0. The fourth-order valence-electron chi connectivity index (χ4n) is 0.152. The van der Waals surface area contributed by atoms with E-state index in [1.165, 1.54) is 0 Å². The Bertz CT molecular complexity index is 120. The van der Waals surface area contributed by atoms with Crippen molar-refractivity contribution in [3.8, 4) is 0 Å². The maximum Gasteiger partial charge on any atom is 0.0541 e. The third-order valence-electron chi connectivity index (χ3n) is 0.352. The zero-order chi connectivity index (χ0) is 8.53. The Morgan fingerprint density at radius 3 is 2.64 bits per heavy atom. The topological polar surface area (TPSA) is 121 Å². The molecule has 0 aromatic rings. The van der Waals surface area contributed by atoms with Crippen LogP contribution in [0.2, 0.25) is 0 Å². The number of nitrogens with one attached hydrogen (secondary N) is 1. The van der Waals surface area contributed by atoms with Crippen LogP contribution in [0.25, 0.3) is 0 Å². The van der Waals surface area contributed by atoms with Gasteiger partial charge in [0.05, 0.1) is 5.34 Å². The molecule has 0 aliphatic carbocycles. The zero-order valence-corrected chi connectivity index (χ0v) is 5.71. The lowest BCUT2D eigenvalue weighted by molar-refractivity contribution is -0.653. The van der Waals surface area contributed by atoms with E-state index in [1.807, 2.05) is 0 Å². The molecule has 0 aromatic heterocycles. The van der Waals surface area contributed by atoms with Gasteiger partial charge in [0, 0.05) is 18.1 Å². The van der Waals surface area contributed by atoms with E-state index in [9.17, 15) is 0 Å². The first-order chi connectivity index (χ1) is 5.35. The molecule has 0 bridgehead atoms. The first kappa shape index (κ1) is 10.2. The molecule has 11 heteroatoms. The predicted molar refractivity (Wildman–Crippen MR) is 27.8 cm³/mol. The number of hydrogen-bond acceptors (Lipinski definition) is 8. The Balaban J connectivity index is 3.67. The minimum Gasteiger partial charge on any atom is -0.219 e. The van der Waals surface area contributed by atoms with Crippen LogP contribution in [0.15, 0.2) is 15.7 Å². The van der Waals surface area contributed by atoms with Gasteiger partial charge in [0.1, 0.15) is 0 Å². The summed E-state index contributed by atoms with van der Waals surface area (Å²) in [4.78, 5) is 7.54. The van der Waals surface area contributed by atoms with Crippen LogP contribution in [-0.2, 0) is 19.3 Å². The highest BCUT2D eigenvalue weighted by atomic mass is 32.1. The summed E-state index contributed by atoms with van der Waals surface area (Å²) in [7, 11) is 0. The van der Waals surface area contributed by atoms with Gasteiger partial charge in [0.2, 0.25) is 0 Å². The molecule has 0 aromatic carbocycles. The average molecular weight is 185 g/mol. The highest BCUT2D eigenvalue weighted by molar-refractivity contribution is 7.74. The molecule has 0 atom stereocenters. The van der Waals surface area contributed by atoms with E-state index >= 15 is 0 Å². The second kappa shape index (κ2) is 7.26. The number of nitrogens with zero attached hydrogens (tertiary/aromatic N) is 4. The highest BCUT2D eigenvalue weighted by Gasteiger charge is 2.03. The van der Waals surface area contributed by atoms with Gasteiger partial charge in [-0.3, -0.25) is 0 Å². The van der Waals surface area contributed by atoms with Gasteiger partial charge in [-0.2, -0.15) is 5.53 Å². The monoisotopic (exact) mass is 185 g/mol. The number of rotatable bonds is 6. The standard InChI is InChI=1S/H3N5O5S/c1-2-3-4-5(7-9-6)8-10-11/h1,6,11H/b2-1?,4-3+. The maximum absolute atomic E-state index is 7.66. The van der Waals surface area contributed by atoms with Crippen molar-refractivity contribution in [2.24, 2.45) is 15.7 Å². The first-order valence-corrected chi connectivity index (χ1v) is 2.25. The Morgan fingerprint density at radius 2 is 2.18 bits per heavy atom. The molecule has 0 radical (unpaired) electrons. The molecule has 10 nitrogen and oxygen atoms in total. The molecular formula is H3N5O5S. The number of hydrogen-bond donors (Lipinski definition) is 3. The molecule has 0 heterocycles. The predicted octanol–water partition coefficient (Wildman–Crippen LogP) is 0.646. The molecule has 0 spiro atoms. The van der Waals surface area contributed by atoms with Crippen LogP contribution >= 0.6 is 12.9 Å². The van der Waals surface area contributed by atoms with Gasteiger partial charge < -0.3 is 0 Å². The van der Waals surface area contributed by atoms with Gasteiger partial charge in [0.25, 0.3) is 0 Å². The zero-order valence-electron chi connectivity index (χ0n) is 4.82. The van der Waals surface area contributed by atoms with Gasteiger partial charge >= 0.3 is 0 Å². The summed E-state index contributed by atoms with van der Waals surface area (Å²) < 4.78 is 3.70. The van der Waals surface area contributed by atoms with Crippen molar-refractivity contribution < 1.29 is 24.6 Å². The molecule has 0 saturated carbocycles. The smallest absolute Gasteiger partial charge is 0.0541 e. The van der Waals surface area contributed by atoms with Crippen LogP contribution in [0, 0.1) is 5.53 Å². The van der Waals surface area contributed by atoms with E-state index in [-0.39, 0.29) is 5.34 Å². The molecule has 0 fully saturated rings. The summed E-state index contributed by atoms with van der Waals surface area (Å²) in [5.41, 5.74) is 6.12. The third-order valence-corrected chi connectivity index (χ3v) is 0.419. The lowest BCUT2D eigenvalue weighted by Crippen LogP contribution is -2.16. The van der Waals surface area contributed by atoms with Crippen LogP contribution in [0.3, 0.4) is 0 Å². The van der Waals surface area contributed by atoms with Crippen molar-refractivity contribution >= 4 is 12.9 Å². The Morgan fingerprint density at radius 1 is 1.45 bits per heavy atom. The molecule has 2 N–H and O–H groups in total. The van der Waals surface area contributed by atoms with Crippen molar-refractivity contribution in [3.63, 3.8) is 0 Å². The van der Waals surface area contributed by atoms with Crippen molar-refractivity contribution in [2.45, 2.75) is 0 Å². The minimum absolute atomic E-state index is 0.0467. The quantitative estimate of drug-likeness (QED) is 0.183. The van der Waals surface area contributed by atoms with Crippen molar-refractivity contribution in [2.75, 3.05) is 0 Å². The largest absolute Gasteiger partial charge is 0.219 e. The van der Waals surface area contributed by atoms with Crippen LogP contribution in [0.1, 0.15) is 0 Å². The van der Waals surface area contributed by atoms with Crippen LogP contribution in [-0.4, -0.2) is 10.6 Å². The van der Waals surface area contributed by atoms with E-state index < -0.39 is 0 Å². The molecule has 0 unspecified atom stereocenters. The molecular weight excluding hydrogens is 182 g/mol.